The van der Waals surface area contributed by atoms with E-state index in [2.05, 4.69) is 10.0 Å². The predicted molar refractivity (Wildman–Crippen MR) is 98.5 cm³/mol. The Hall–Kier alpha value is -2.04. The van der Waals surface area contributed by atoms with E-state index in [1.807, 2.05) is 0 Å². The molecule has 1 atom stereocenters. The second kappa shape index (κ2) is 9.25. The lowest BCUT2D eigenvalue weighted by atomic mass is 10.2. The lowest BCUT2D eigenvalue weighted by Gasteiger charge is -2.18. The van der Waals surface area contributed by atoms with Crippen LogP contribution in [0.1, 0.15) is 6.42 Å². The number of carbonyl (C=O) groups excluding carboxylic acids is 1. The number of hydrogen-bond acceptors (Lipinski definition) is 4. The number of halogens is 3. The van der Waals surface area contributed by atoms with E-state index in [9.17, 15) is 26.4 Å². The maximum absolute atomic E-state index is 13.7. The van der Waals surface area contributed by atoms with Crippen LogP contribution >= 0.6 is 11.8 Å². The summed E-state index contributed by atoms with van der Waals surface area (Å²) in [4.78, 5) is 12.4. The van der Waals surface area contributed by atoms with Crippen LogP contribution in [-0.2, 0) is 14.8 Å². The number of rotatable bonds is 8. The molecule has 2 rings (SSSR count). The van der Waals surface area contributed by atoms with Crippen molar-refractivity contribution >= 4 is 33.4 Å². The summed E-state index contributed by atoms with van der Waals surface area (Å²) < 4.78 is 67.2. The van der Waals surface area contributed by atoms with Gasteiger partial charge in [-0.3, -0.25) is 4.79 Å². The number of anilines is 1. The van der Waals surface area contributed by atoms with E-state index in [0.29, 0.717) is 17.9 Å². The maximum Gasteiger partial charge on any atom is 0.242 e. The van der Waals surface area contributed by atoms with Crippen LogP contribution < -0.4 is 10.0 Å². The minimum absolute atomic E-state index is 0.0361. The normalized spacial score (nSPS) is 12.6. The first-order valence-corrected chi connectivity index (χ1v) is 10.6. The topological polar surface area (TPSA) is 75.3 Å². The fraction of sp³-hybridized carbons (Fsp3) is 0.235. The van der Waals surface area contributed by atoms with Crippen LogP contribution in [-0.4, -0.2) is 32.4 Å². The summed E-state index contributed by atoms with van der Waals surface area (Å²) >= 11 is 1.38. The van der Waals surface area contributed by atoms with Gasteiger partial charge in [0, 0.05) is 12.1 Å². The van der Waals surface area contributed by atoms with E-state index >= 15 is 0 Å². The highest BCUT2D eigenvalue weighted by atomic mass is 32.2. The van der Waals surface area contributed by atoms with Gasteiger partial charge < -0.3 is 5.32 Å². The van der Waals surface area contributed by atoms with Gasteiger partial charge in [0.05, 0.1) is 10.6 Å². The second-order valence-corrected chi connectivity index (χ2v) is 8.20. The van der Waals surface area contributed by atoms with Gasteiger partial charge in [0.25, 0.3) is 0 Å². The van der Waals surface area contributed by atoms with E-state index in [0.717, 1.165) is 0 Å². The average Bonchev–Trinajstić information content (AvgIpc) is 2.63. The van der Waals surface area contributed by atoms with Crippen molar-refractivity contribution in [3.63, 3.8) is 0 Å². The molecule has 0 aliphatic heterocycles. The zero-order valence-corrected chi connectivity index (χ0v) is 15.8. The Morgan fingerprint density at radius 2 is 1.70 bits per heavy atom. The molecular weight excluding hydrogens is 401 g/mol. The molecule has 146 valence electrons. The van der Waals surface area contributed by atoms with E-state index in [1.165, 1.54) is 36.0 Å². The van der Waals surface area contributed by atoms with Crippen LogP contribution in [0.4, 0.5) is 18.9 Å². The predicted octanol–water partition coefficient (Wildman–Crippen LogP) is 3.14. The van der Waals surface area contributed by atoms with E-state index in [-0.39, 0.29) is 11.3 Å². The molecule has 10 heteroatoms. The van der Waals surface area contributed by atoms with Gasteiger partial charge in [0.1, 0.15) is 11.9 Å². The standard InChI is InChI=1S/C17H17F3N2O3S2/c1-26-8-7-15(22-27(24,25)11-5-3-2-4-6-11)17(23)21-16-10-13(19)12(18)9-14(16)20/h2-6,9-10,15,22H,7-8H2,1H3,(H,21,23). The molecule has 0 aromatic heterocycles. The van der Waals surface area contributed by atoms with Crippen molar-refractivity contribution in [2.24, 2.45) is 0 Å². The van der Waals surface area contributed by atoms with Crippen molar-refractivity contribution in [3.05, 3.63) is 59.9 Å². The Balaban J connectivity index is 2.23. The number of amides is 1. The highest BCUT2D eigenvalue weighted by Gasteiger charge is 2.26. The molecule has 2 aromatic rings. The summed E-state index contributed by atoms with van der Waals surface area (Å²) in [6.45, 7) is 0. The van der Waals surface area contributed by atoms with Gasteiger partial charge >= 0.3 is 0 Å². The Kier molecular flexibility index (Phi) is 7.28. The first-order chi connectivity index (χ1) is 12.7. The van der Waals surface area contributed by atoms with Crippen molar-refractivity contribution in [2.45, 2.75) is 17.4 Å². The summed E-state index contributed by atoms with van der Waals surface area (Å²) in [7, 11) is -4.00. The molecular formula is C17H17F3N2O3S2. The molecule has 0 spiro atoms. The third-order valence-corrected chi connectivity index (χ3v) is 5.68. The highest BCUT2D eigenvalue weighted by Crippen LogP contribution is 2.19. The van der Waals surface area contributed by atoms with Crippen molar-refractivity contribution in [1.82, 2.24) is 4.72 Å². The summed E-state index contributed by atoms with van der Waals surface area (Å²) in [6.07, 6.45) is 1.89. The summed E-state index contributed by atoms with van der Waals surface area (Å²) in [5.74, 6) is -4.34. The van der Waals surface area contributed by atoms with Crippen LogP contribution in [0.2, 0.25) is 0 Å². The molecule has 0 aliphatic rings. The quantitative estimate of drug-likeness (QED) is 0.646. The molecule has 0 saturated heterocycles. The summed E-state index contributed by atoms with van der Waals surface area (Å²) in [5.41, 5.74) is -0.577. The molecule has 0 radical (unpaired) electrons. The molecule has 0 aliphatic carbocycles. The Morgan fingerprint density at radius 3 is 2.33 bits per heavy atom. The Labute approximate surface area is 159 Å². The maximum atomic E-state index is 13.7. The Morgan fingerprint density at radius 1 is 1.07 bits per heavy atom. The largest absolute Gasteiger partial charge is 0.322 e. The van der Waals surface area contributed by atoms with E-state index in [1.54, 1.807) is 12.3 Å². The summed E-state index contributed by atoms with van der Waals surface area (Å²) in [5, 5.41) is 2.10. The fourth-order valence-corrected chi connectivity index (χ4v) is 3.89. The molecule has 1 unspecified atom stereocenters. The van der Waals surface area contributed by atoms with Crippen LogP contribution in [0.5, 0.6) is 0 Å². The fourth-order valence-electron chi connectivity index (χ4n) is 2.17. The van der Waals surface area contributed by atoms with Crippen LogP contribution in [0.25, 0.3) is 0 Å². The van der Waals surface area contributed by atoms with Crippen molar-refractivity contribution < 1.29 is 26.4 Å². The molecule has 0 bridgehead atoms. The second-order valence-electron chi connectivity index (χ2n) is 5.50. The zero-order valence-electron chi connectivity index (χ0n) is 14.2. The third kappa shape index (κ3) is 5.72. The zero-order chi connectivity index (χ0) is 20.0. The molecule has 0 heterocycles. The first-order valence-electron chi connectivity index (χ1n) is 7.76. The molecule has 0 saturated carbocycles. The number of thioether (sulfide) groups is 1. The molecule has 0 fully saturated rings. The van der Waals surface area contributed by atoms with Crippen molar-refractivity contribution in [3.8, 4) is 0 Å². The molecule has 1 amide bonds. The lowest BCUT2D eigenvalue weighted by molar-refractivity contribution is -0.117. The van der Waals surface area contributed by atoms with E-state index < -0.39 is 45.1 Å². The van der Waals surface area contributed by atoms with Crippen LogP contribution in [0, 0.1) is 17.5 Å². The Bertz CT molecular complexity index is 909. The monoisotopic (exact) mass is 418 g/mol. The number of hydrogen-bond donors (Lipinski definition) is 2. The number of benzene rings is 2. The van der Waals surface area contributed by atoms with Gasteiger partial charge in [-0.1, -0.05) is 18.2 Å². The van der Waals surface area contributed by atoms with Crippen molar-refractivity contribution in [1.29, 1.82) is 0 Å². The molecule has 27 heavy (non-hydrogen) atoms. The van der Waals surface area contributed by atoms with Gasteiger partial charge in [-0.25, -0.2) is 21.6 Å². The molecule has 2 N–H and O–H groups in total. The number of carbonyl (C=O) groups is 1. The molecule has 5 nitrogen and oxygen atoms in total. The number of sulfonamides is 1. The minimum atomic E-state index is -4.00. The lowest BCUT2D eigenvalue weighted by Crippen LogP contribution is -2.44. The average molecular weight is 418 g/mol. The smallest absolute Gasteiger partial charge is 0.242 e. The third-order valence-electron chi connectivity index (χ3n) is 3.55. The van der Waals surface area contributed by atoms with Crippen LogP contribution in [0.3, 0.4) is 0 Å². The van der Waals surface area contributed by atoms with Gasteiger partial charge in [0.2, 0.25) is 15.9 Å². The molecule has 2 aromatic carbocycles. The summed E-state index contributed by atoms with van der Waals surface area (Å²) in [6, 6.07) is 7.00. The van der Waals surface area contributed by atoms with Gasteiger partial charge in [-0.15, -0.1) is 0 Å². The highest BCUT2D eigenvalue weighted by molar-refractivity contribution is 7.98. The first kappa shape index (κ1) is 21.3. The van der Waals surface area contributed by atoms with Crippen molar-refractivity contribution in [2.75, 3.05) is 17.3 Å². The van der Waals surface area contributed by atoms with Gasteiger partial charge in [-0.05, 0) is 30.6 Å². The van der Waals surface area contributed by atoms with Gasteiger partial charge in [-0.2, -0.15) is 16.5 Å². The number of nitrogens with one attached hydrogen (secondary N) is 2. The van der Waals surface area contributed by atoms with E-state index in [4.69, 9.17) is 0 Å². The van der Waals surface area contributed by atoms with Crippen LogP contribution in [0.15, 0.2) is 47.4 Å². The minimum Gasteiger partial charge on any atom is -0.322 e. The SMILES string of the molecule is CSCCC(NS(=O)(=O)c1ccccc1)C(=O)Nc1cc(F)c(F)cc1F. The van der Waals surface area contributed by atoms with Gasteiger partial charge in [0.15, 0.2) is 11.6 Å².